The molecule has 174 valence electrons. The molecule has 0 aliphatic carbocycles. The van der Waals surface area contributed by atoms with E-state index < -0.39 is 15.8 Å². The maximum Gasteiger partial charge on any atom is 0.269 e. The Morgan fingerprint density at radius 3 is 2.27 bits per heavy atom. The van der Waals surface area contributed by atoms with Gasteiger partial charge in [0, 0.05) is 16.8 Å². The van der Waals surface area contributed by atoms with Gasteiger partial charge in [-0.3, -0.25) is 9.52 Å². The Bertz CT molecular complexity index is 1300. The number of anilines is 1. The highest BCUT2D eigenvalue weighted by molar-refractivity contribution is 7.91. The van der Waals surface area contributed by atoms with Gasteiger partial charge in [-0.1, -0.05) is 44.5 Å². The van der Waals surface area contributed by atoms with E-state index >= 15 is 0 Å². The van der Waals surface area contributed by atoms with Crippen molar-refractivity contribution >= 4 is 21.5 Å². The van der Waals surface area contributed by atoms with Crippen LogP contribution in [-0.4, -0.2) is 15.1 Å². The van der Waals surface area contributed by atoms with Crippen molar-refractivity contribution in [3.63, 3.8) is 0 Å². The first kappa shape index (κ1) is 24.3. The predicted molar refractivity (Wildman–Crippen MR) is 131 cm³/mol. The number of nitrogen functional groups attached to an aromatic ring is 1. The third-order valence-corrected chi connectivity index (χ3v) is 6.49. The zero-order valence-corrected chi connectivity index (χ0v) is 20.6. The van der Waals surface area contributed by atoms with Crippen molar-refractivity contribution in [2.75, 3.05) is 5.73 Å². The van der Waals surface area contributed by atoms with Crippen LogP contribution in [0.5, 0.6) is 11.6 Å². The quantitative estimate of drug-likeness (QED) is 0.433. The summed E-state index contributed by atoms with van der Waals surface area (Å²) in [5.41, 5.74) is 9.56. The molecule has 0 radical (unpaired) electrons. The van der Waals surface area contributed by atoms with Crippen molar-refractivity contribution in [2.24, 2.45) is 0 Å². The van der Waals surface area contributed by atoms with Crippen molar-refractivity contribution < 1.29 is 13.7 Å². The minimum absolute atomic E-state index is 0.0891. The minimum Gasteiger partial charge on any atom is -0.438 e. The highest BCUT2D eigenvalue weighted by Crippen LogP contribution is 2.33. The van der Waals surface area contributed by atoms with Gasteiger partial charge in [-0.05, 0) is 62.2 Å². The van der Waals surface area contributed by atoms with Gasteiger partial charge >= 0.3 is 0 Å². The first-order valence-corrected chi connectivity index (χ1v) is 12.1. The van der Waals surface area contributed by atoms with Gasteiger partial charge in [-0.25, -0.2) is 14.0 Å². The van der Waals surface area contributed by atoms with Gasteiger partial charge in [0.05, 0.1) is 4.90 Å². The molecule has 4 N–H and O–H groups in total. The Labute approximate surface area is 195 Å². The Morgan fingerprint density at radius 2 is 1.70 bits per heavy atom. The predicted octanol–water partition coefficient (Wildman–Crippen LogP) is 5.43. The van der Waals surface area contributed by atoms with E-state index in [2.05, 4.69) is 9.71 Å². The van der Waals surface area contributed by atoms with Crippen molar-refractivity contribution in [2.45, 2.75) is 51.9 Å². The average Bonchev–Trinajstić information content (AvgIpc) is 2.69. The summed E-state index contributed by atoms with van der Waals surface area (Å²) in [6.07, 6.45) is 0. The zero-order chi connectivity index (χ0) is 24.6. The van der Waals surface area contributed by atoms with Crippen molar-refractivity contribution in [3.8, 4) is 11.6 Å². The second kappa shape index (κ2) is 8.86. The van der Waals surface area contributed by atoms with E-state index in [-0.39, 0.29) is 21.8 Å². The molecule has 1 aromatic heterocycles. The summed E-state index contributed by atoms with van der Waals surface area (Å²) in [5.74, 6) is -0.0174. The lowest BCUT2D eigenvalue weighted by Gasteiger charge is -2.21. The van der Waals surface area contributed by atoms with Gasteiger partial charge in [0.2, 0.25) is 5.88 Å². The van der Waals surface area contributed by atoms with Crippen LogP contribution in [0.1, 0.15) is 53.5 Å². The minimum atomic E-state index is -3.64. The number of amides is 1. The zero-order valence-electron chi connectivity index (χ0n) is 19.8. The highest BCUT2D eigenvalue weighted by atomic mass is 32.2. The Morgan fingerprint density at radius 1 is 1.06 bits per heavy atom. The van der Waals surface area contributed by atoms with Crippen LogP contribution in [0.3, 0.4) is 0 Å². The Kier molecular flexibility index (Phi) is 6.51. The van der Waals surface area contributed by atoms with Crippen LogP contribution in [0.25, 0.3) is 0 Å². The van der Waals surface area contributed by atoms with Crippen molar-refractivity contribution in [3.05, 3.63) is 76.5 Å². The SMILES string of the molecule is Cc1cc(C)c(Oc2nc(C(C)(C)C)ccc2C(=O)N[S@@](=N)(=O)c2cccc(N)c2)c(C)c1. The highest BCUT2D eigenvalue weighted by Gasteiger charge is 2.24. The number of nitrogens with two attached hydrogens (primary N) is 1. The standard InChI is InChI=1S/C25H30N4O3S/c1-15-12-16(2)22(17(3)13-15)32-24-20(10-11-21(28-24)25(4,5)6)23(30)29-33(27,31)19-9-7-8-18(26)14-19/h7-14H,26H2,1-6H3,(H2,27,29,30,31)/t33-/m1/s1. The fourth-order valence-corrected chi connectivity index (χ4v) is 4.53. The maximum absolute atomic E-state index is 13.2. The lowest BCUT2D eigenvalue weighted by Crippen LogP contribution is -2.30. The number of aromatic nitrogens is 1. The number of aryl methyl sites for hydroxylation is 3. The number of nitrogens with one attached hydrogen (secondary N) is 2. The molecule has 3 aromatic rings. The third-order valence-electron chi connectivity index (χ3n) is 5.10. The van der Waals surface area contributed by atoms with Crippen LogP contribution in [0.2, 0.25) is 0 Å². The Hall–Kier alpha value is -3.39. The van der Waals surface area contributed by atoms with Crippen LogP contribution < -0.4 is 15.2 Å². The summed E-state index contributed by atoms with van der Waals surface area (Å²) in [7, 11) is -3.64. The first-order valence-electron chi connectivity index (χ1n) is 10.5. The molecule has 0 saturated heterocycles. The lowest BCUT2D eigenvalue weighted by molar-refractivity contribution is 0.0979. The molecule has 0 unspecified atom stereocenters. The summed E-state index contributed by atoms with van der Waals surface area (Å²) in [4.78, 5) is 17.9. The van der Waals surface area contributed by atoms with Crippen LogP contribution in [0, 0.1) is 25.6 Å². The summed E-state index contributed by atoms with van der Waals surface area (Å²) < 4.78 is 29.7. The van der Waals surface area contributed by atoms with Gasteiger partial charge in [-0.15, -0.1) is 0 Å². The summed E-state index contributed by atoms with van der Waals surface area (Å²) in [5, 5.41) is 0. The number of ether oxygens (including phenoxy) is 1. The van der Waals surface area contributed by atoms with Crippen LogP contribution >= 0.6 is 0 Å². The molecule has 0 spiro atoms. The molecule has 1 atom stereocenters. The fraction of sp³-hybridized carbons (Fsp3) is 0.280. The second-order valence-electron chi connectivity index (χ2n) is 9.19. The van der Waals surface area contributed by atoms with Crippen LogP contribution in [0.15, 0.2) is 53.4 Å². The number of carbonyl (C=O) groups excluding carboxylic acids is 1. The van der Waals surface area contributed by atoms with E-state index in [1.54, 1.807) is 24.3 Å². The van der Waals surface area contributed by atoms with Crippen LogP contribution in [0.4, 0.5) is 5.69 Å². The van der Waals surface area contributed by atoms with E-state index in [1.165, 1.54) is 12.1 Å². The maximum atomic E-state index is 13.2. The van der Waals surface area contributed by atoms with Gasteiger partial charge in [0.25, 0.3) is 5.91 Å². The number of benzene rings is 2. The number of hydrogen-bond donors (Lipinski definition) is 3. The van der Waals surface area contributed by atoms with Crippen molar-refractivity contribution in [1.82, 2.24) is 9.71 Å². The van der Waals surface area contributed by atoms with E-state index in [1.807, 2.05) is 53.7 Å². The molecule has 3 rings (SSSR count). The molecule has 0 aliphatic heterocycles. The molecule has 8 heteroatoms. The molecule has 1 amide bonds. The number of pyridine rings is 1. The smallest absolute Gasteiger partial charge is 0.269 e. The van der Waals surface area contributed by atoms with Gasteiger partial charge in [0.1, 0.15) is 11.3 Å². The summed E-state index contributed by atoms with van der Waals surface area (Å²) >= 11 is 0. The Balaban J connectivity index is 2.05. The van der Waals surface area contributed by atoms with Gasteiger partial charge in [0.15, 0.2) is 9.92 Å². The molecule has 1 heterocycles. The summed E-state index contributed by atoms with van der Waals surface area (Å²) in [6, 6.07) is 13.4. The van der Waals surface area contributed by atoms with E-state index in [0.717, 1.165) is 22.4 Å². The molecule has 7 nitrogen and oxygen atoms in total. The summed E-state index contributed by atoms with van der Waals surface area (Å²) in [6.45, 7) is 11.9. The molecule has 0 fully saturated rings. The van der Waals surface area contributed by atoms with Gasteiger partial charge in [-0.2, -0.15) is 0 Å². The normalized spacial score (nSPS) is 13.3. The fourth-order valence-electron chi connectivity index (χ4n) is 3.47. The number of nitrogens with zero attached hydrogens (tertiary/aromatic N) is 1. The first-order chi connectivity index (χ1) is 15.3. The largest absolute Gasteiger partial charge is 0.438 e. The number of carbonyl (C=O) groups is 1. The van der Waals surface area contributed by atoms with E-state index in [0.29, 0.717) is 11.4 Å². The number of rotatable bonds is 5. The van der Waals surface area contributed by atoms with Crippen LogP contribution in [-0.2, 0) is 15.3 Å². The molecule has 2 aromatic carbocycles. The molecule has 33 heavy (non-hydrogen) atoms. The average molecular weight is 467 g/mol. The molecule has 0 bridgehead atoms. The lowest BCUT2D eigenvalue weighted by atomic mass is 9.91. The molecular weight excluding hydrogens is 436 g/mol. The monoisotopic (exact) mass is 466 g/mol. The van der Waals surface area contributed by atoms with Crippen molar-refractivity contribution in [1.29, 1.82) is 4.78 Å². The van der Waals surface area contributed by atoms with E-state index in [4.69, 9.17) is 15.3 Å². The molecule has 0 saturated carbocycles. The number of hydrogen-bond acceptors (Lipinski definition) is 6. The van der Waals surface area contributed by atoms with E-state index in [9.17, 15) is 9.00 Å². The second-order valence-corrected chi connectivity index (χ2v) is 11.0. The van der Waals surface area contributed by atoms with Gasteiger partial charge < -0.3 is 10.5 Å². The molecular formula is C25H30N4O3S. The third kappa shape index (κ3) is 5.51. The molecule has 0 aliphatic rings. The topological polar surface area (TPSA) is 118 Å².